The van der Waals surface area contributed by atoms with Crippen LogP contribution >= 0.6 is 0 Å². The third kappa shape index (κ3) is 3.91. The average molecular weight is 419 g/mol. The molecule has 0 aliphatic carbocycles. The Kier molecular flexibility index (Phi) is 4.95. The Bertz CT molecular complexity index is 1280. The van der Waals surface area contributed by atoms with Crippen molar-refractivity contribution in [2.24, 2.45) is 0 Å². The van der Waals surface area contributed by atoms with Crippen molar-refractivity contribution in [1.29, 1.82) is 0 Å². The van der Waals surface area contributed by atoms with Gasteiger partial charge in [0, 0.05) is 30.7 Å². The van der Waals surface area contributed by atoms with Crippen molar-refractivity contribution in [1.82, 2.24) is 29.9 Å². The second-order valence-electron chi connectivity index (χ2n) is 7.81. The van der Waals surface area contributed by atoms with Gasteiger partial charge < -0.3 is 14.8 Å². The molecule has 1 N–H and O–H groups in total. The number of anilines is 1. The molecule has 158 valence electrons. The molecule has 4 heterocycles. The number of halogens is 1. The second-order valence-corrected chi connectivity index (χ2v) is 7.81. The van der Waals surface area contributed by atoms with E-state index in [0.29, 0.717) is 22.3 Å². The van der Waals surface area contributed by atoms with E-state index in [9.17, 15) is 9.18 Å². The molecule has 0 spiro atoms. The zero-order chi connectivity index (χ0) is 21.4. The molecule has 0 radical (unpaired) electrons. The zero-order valence-electron chi connectivity index (χ0n) is 17.1. The molecule has 5 rings (SSSR count). The molecule has 0 atom stereocenters. The Balaban J connectivity index is 1.41. The van der Waals surface area contributed by atoms with Crippen LogP contribution in [0.15, 0.2) is 53.6 Å². The number of rotatable bonds is 3. The molecule has 1 fully saturated rings. The van der Waals surface area contributed by atoms with E-state index in [1.54, 1.807) is 16.9 Å². The van der Waals surface area contributed by atoms with Crippen LogP contribution in [0.1, 0.15) is 6.42 Å². The first-order chi connectivity index (χ1) is 15.1. The quantitative estimate of drug-likeness (QED) is 0.549. The van der Waals surface area contributed by atoms with Gasteiger partial charge in [0.1, 0.15) is 17.2 Å². The number of hydrogen-bond donors (Lipinski definition) is 1. The van der Waals surface area contributed by atoms with Crippen molar-refractivity contribution in [3.05, 3.63) is 65.0 Å². The Morgan fingerprint density at radius 2 is 1.84 bits per heavy atom. The Morgan fingerprint density at radius 1 is 1.03 bits per heavy atom. The second kappa shape index (κ2) is 7.92. The Hall–Kier alpha value is -3.59. The topological polar surface area (TPSA) is 82.9 Å². The molecule has 0 unspecified atom stereocenters. The summed E-state index contributed by atoms with van der Waals surface area (Å²) in [5, 5.41) is 8.82. The fourth-order valence-electron chi connectivity index (χ4n) is 3.89. The van der Waals surface area contributed by atoms with E-state index in [4.69, 9.17) is 0 Å². The summed E-state index contributed by atoms with van der Waals surface area (Å²) in [7, 11) is 2.16. The first-order valence-electron chi connectivity index (χ1n) is 10.2. The summed E-state index contributed by atoms with van der Waals surface area (Å²) in [5.41, 5.74) is 2.74. The molecule has 0 bridgehead atoms. The summed E-state index contributed by atoms with van der Waals surface area (Å²) in [6.45, 7) is 4.21. The fraction of sp³-hybridized carbons (Fsp3) is 0.273. The van der Waals surface area contributed by atoms with Crippen LogP contribution in [-0.4, -0.2) is 63.1 Å². The standard InChI is InChI=1S/C22H22FN7O/c1-28-7-2-8-29(10-9-28)17-3-5-18(6-4-17)30-14-20(26-27-30)19-12-15-11-16(23)13-24-21(15)25-22(19)31/h3-6,11-14H,2,7-10H2,1H3,(H,24,25,31). The van der Waals surface area contributed by atoms with E-state index in [0.717, 1.165) is 44.5 Å². The maximum absolute atomic E-state index is 13.5. The molecule has 0 saturated carbocycles. The zero-order valence-corrected chi connectivity index (χ0v) is 17.1. The van der Waals surface area contributed by atoms with Gasteiger partial charge in [-0.2, -0.15) is 0 Å². The molecule has 1 aliphatic rings. The largest absolute Gasteiger partial charge is 0.370 e. The molecule has 9 heteroatoms. The lowest BCUT2D eigenvalue weighted by molar-refractivity contribution is 0.360. The minimum absolute atomic E-state index is 0.316. The Labute approximate surface area is 177 Å². The van der Waals surface area contributed by atoms with Gasteiger partial charge in [-0.15, -0.1) is 5.10 Å². The van der Waals surface area contributed by atoms with Crippen LogP contribution in [0.2, 0.25) is 0 Å². The molecule has 3 aromatic heterocycles. The van der Waals surface area contributed by atoms with E-state index >= 15 is 0 Å². The van der Waals surface area contributed by atoms with Gasteiger partial charge in [0.2, 0.25) is 0 Å². The maximum atomic E-state index is 13.5. The van der Waals surface area contributed by atoms with E-state index in [1.807, 2.05) is 12.1 Å². The van der Waals surface area contributed by atoms with Gasteiger partial charge in [-0.05, 0) is 56.4 Å². The molecule has 8 nitrogen and oxygen atoms in total. The molecular weight excluding hydrogens is 397 g/mol. The molecule has 31 heavy (non-hydrogen) atoms. The van der Waals surface area contributed by atoms with Gasteiger partial charge in [0.05, 0.1) is 23.6 Å². The lowest BCUT2D eigenvalue weighted by atomic mass is 10.1. The third-order valence-electron chi connectivity index (χ3n) is 5.63. The van der Waals surface area contributed by atoms with E-state index in [1.165, 1.54) is 11.8 Å². The number of likely N-dealkylation sites (N-methyl/N-ethyl adjacent to an activating group) is 1. The highest BCUT2D eigenvalue weighted by molar-refractivity contribution is 5.79. The van der Waals surface area contributed by atoms with E-state index < -0.39 is 5.82 Å². The van der Waals surface area contributed by atoms with Crippen LogP contribution in [0, 0.1) is 5.82 Å². The predicted molar refractivity (Wildman–Crippen MR) is 117 cm³/mol. The van der Waals surface area contributed by atoms with Gasteiger partial charge in [-0.1, -0.05) is 5.21 Å². The van der Waals surface area contributed by atoms with E-state index in [-0.39, 0.29) is 5.56 Å². The smallest absolute Gasteiger partial charge is 0.259 e. The van der Waals surface area contributed by atoms with Crippen molar-refractivity contribution in [2.45, 2.75) is 6.42 Å². The first kappa shape index (κ1) is 19.4. The van der Waals surface area contributed by atoms with Crippen LogP contribution < -0.4 is 10.5 Å². The summed E-state index contributed by atoms with van der Waals surface area (Å²) >= 11 is 0. The van der Waals surface area contributed by atoms with Crippen LogP contribution in [0.25, 0.3) is 28.0 Å². The maximum Gasteiger partial charge on any atom is 0.259 e. The molecule has 1 aromatic carbocycles. The number of aromatic amines is 1. The van der Waals surface area contributed by atoms with Crippen LogP contribution in [0.3, 0.4) is 0 Å². The van der Waals surface area contributed by atoms with Gasteiger partial charge >= 0.3 is 0 Å². The van der Waals surface area contributed by atoms with Crippen LogP contribution in [0.4, 0.5) is 10.1 Å². The van der Waals surface area contributed by atoms with Crippen LogP contribution in [-0.2, 0) is 0 Å². The number of nitrogens with zero attached hydrogens (tertiary/aromatic N) is 6. The number of pyridine rings is 2. The lowest BCUT2D eigenvalue weighted by Gasteiger charge is -2.23. The highest BCUT2D eigenvalue weighted by atomic mass is 19.1. The highest BCUT2D eigenvalue weighted by Crippen LogP contribution is 2.21. The minimum Gasteiger partial charge on any atom is -0.370 e. The SMILES string of the molecule is CN1CCCN(c2ccc(-n3cc(-c4cc5cc(F)cnc5[nH]c4=O)nn3)cc2)CC1. The predicted octanol–water partition coefficient (Wildman–Crippen LogP) is 2.45. The first-order valence-corrected chi connectivity index (χ1v) is 10.2. The van der Waals surface area contributed by atoms with Gasteiger partial charge in [0.25, 0.3) is 5.56 Å². The van der Waals surface area contributed by atoms with Crippen LogP contribution in [0.5, 0.6) is 0 Å². The molecule has 4 aromatic rings. The summed E-state index contributed by atoms with van der Waals surface area (Å²) in [6.07, 6.45) is 3.91. The number of aromatic nitrogens is 5. The third-order valence-corrected chi connectivity index (χ3v) is 5.63. The summed E-state index contributed by atoms with van der Waals surface area (Å²) in [5.74, 6) is -0.467. The van der Waals surface area contributed by atoms with Crippen molar-refractivity contribution in [3.8, 4) is 16.9 Å². The number of nitrogens with one attached hydrogen (secondary N) is 1. The molecule has 0 amide bonds. The summed E-state index contributed by atoms with van der Waals surface area (Å²) < 4.78 is 15.1. The average Bonchev–Trinajstić information content (AvgIpc) is 3.16. The number of hydrogen-bond acceptors (Lipinski definition) is 6. The Morgan fingerprint density at radius 3 is 2.68 bits per heavy atom. The summed E-state index contributed by atoms with van der Waals surface area (Å²) in [4.78, 5) is 23.8. The van der Waals surface area contributed by atoms with Gasteiger partial charge in [0.15, 0.2) is 0 Å². The molecule has 1 saturated heterocycles. The number of benzene rings is 1. The number of fused-ring (bicyclic) bond motifs is 1. The van der Waals surface area contributed by atoms with Crippen molar-refractivity contribution in [2.75, 3.05) is 38.1 Å². The minimum atomic E-state index is -0.467. The van der Waals surface area contributed by atoms with E-state index in [2.05, 4.69) is 49.3 Å². The summed E-state index contributed by atoms with van der Waals surface area (Å²) in [6, 6.07) is 11.1. The fourth-order valence-corrected chi connectivity index (χ4v) is 3.89. The van der Waals surface area contributed by atoms with Crippen molar-refractivity contribution in [3.63, 3.8) is 0 Å². The van der Waals surface area contributed by atoms with Crippen molar-refractivity contribution < 1.29 is 4.39 Å². The van der Waals surface area contributed by atoms with Crippen molar-refractivity contribution >= 4 is 16.7 Å². The molecule has 1 aliphatic heterocycles. The highest BCUT2D eigenvalue weighted by Gasteiger charge is 2.14. The molecular formula is C22H22FN7O. The normalized spacial score (nSPS) is 15.4. The van der Waals surface area contributed by atoms with Gasteiger partial charge in [-0.3, -0.25) is 4.79 Å². The monoisotopic (exact) mass is 419 g/mol. The lowest BCUT2D eigenvalue weighted by Crippen LogP contribution is -2.28. The number of H-pyrrole nitrogens is 1. The van der Waals surface area contributed by atoms with Gasteiger partial charge in [-0.25, -0.2) is 14.1 Å².